The molecule has 0 atom stereocenters. The van der Waals surface area contributed by atoms with Gasteiger partial charge in [0.15, 0.2) is 4.34 Å². The maximum absolute atomic E-state index is 12.9. The van der Waals surface area contributed by atoms with Gasteiger partial charge in [0.05, 0.1) is 5.75 Å². The summed E-state index contributed by atoms with van der Waals surface area (Å²) in [6.45, 7) is 2.50. The van der Waals surface area contributed by atoms with Crippen molar-refractivity contribution in [2.24, 2.45) is 0 Å². The number of aromatic nitrogens is 2. The molecule has 2 N–H and O–H groups in total. The minimum absolute atomic E-state index is 0.0993. The first-order valence-electron chi connectivity index (χ1n) is 8.00. The number of amides is 1. The van der Waals surface area contributed by atoms with Crippen LogP contribution in [-0.2, 0) is 11.3 Å². The van der Waals surface area contributed by atoms with Crippen molar-refractivity contribution in [3.63, 3.8) is 0 Å². The highest BCUT2D eigenvalue weighted by Gasteiger charge is 2.09. The molecule has 1 heterocycles. The van der Waals surface area contributed by atoms with E-state index in [4.69, 9.17) is 0 Å². The Morgan fingerprint density at radius 1 is 1.22 bits per heavy atom. The molecule has 0 aliphatic heterocycles. The smallest absolute Gasteiger partial charge is 0.234 e. The van der Waals surface area contributed by atoms with Crippen LogP contribution in [0.5, 0.6) is 0 Å². The molecule has 0 aliphatic rings. The third-order valence-corrected chi connectivity index (χ3v) is 6.44. The molecular weight excluding hydrogens is 451 g/mol. The third kappa shape index (κ3) is 6.02. The molecule has 1 aromatic heterocycles. The highest BCUT2D eigenvalue weighted by Crippen LogP contribution is 2.26. The van der Waals surface area contributed by atoms with Gasteiger partial charge in [-0.1, -0.05) is 51.2 Å². The van der Waals surface area contributed by atoms with E-state index in [1.807, 2.05) is 25.1 Å². The van der Waals surface area contributed by atoms with Crippen LogP contribution in [-0.4, -0.2) is 21.9 Å². The van der Waals surface area contributed by atoms with Crippen LogP contribution in [0.4, 0.5) is 15.2 Å². The summed E-state index contributed by atoms with van der Waals surface area (Å²) >= 11 is 6.15. The molecule has 0 saturated heterocycles. The summed E-state index contributed by atoms with van der Waals surface area (Å²) in [7, 11) is 0. The predicted octanol–water partition coefficient (Wildman–Crippen LogP) is 5.09. The second-order valence-corrected chi connectivity index (χ2v) is 8.71. The molecule has 0 aliphatic carbocycles. The molecule has 0 spiro atoms. The summed E-state index contributed by atoms with van der Waals surface area (Å²) in [5, 5.41) is 14.8. The number of rotatable bonds is 7. The molecule has 0 bridgehead atoms. The summed E-state index contributed by atoms with van der Waals surface area (Å²) in [4.78, 5) is 12.1. The van der Waals surface area contributed by atoms with Gasteiger partial charge in [-0.2, -0.15) is 0 Å². The van der Waals surface area contributed by atoms with Crippen LogP contribution in [0, 0.1) is 12.7 Å². The predicted molar refractivity (Wildman–Crippen MR) is 112 cm³/mol. The normalized spacial score (nSPS) is 10.6. The Balaban J connectivity index is 1.46. The first-order chi connectivity index (χ1) is 13.0. The van der Waals surface area contributed by atoms with Gasteiger partial charge in [-0.05, 0) is 48.4 Å². The zero-order chi connectivity index (χ0) is 19.2. The molecule has 27 heavy (non-hydrogen) atoms. The van der Waals surface area contributed by atoms with Gasteiger partial charge in [0, 0.05) is 16.7 Å². The van der Waals surface area contributed by atoms with Gasteiger partial charge in [-0.25, -0.2) is 4.39 Å². The Labute approximate surface area is 172 Å². The minimum Gasteiger partial charge on any atom is -0.356 e. The van der Waals surface area contributed by atoms with E-state index in [1.165, 1.54) is 35.2 Å². The largest absolute Gasteiger partial charge is 0.356 e. The highest BCUT2D eigenvalue weighted by atomic mass is 79.9. The number of hydrogen-bond donors (Lipinski definition) is 2. The van der Waals surface area contributed by atoms with Crippen LogP contribution < -0.4 is 10.6 Å². The topological polar surface area (TPSA) is 66.9 Å². The van der Waals surface area contributed by atoms with Crippen LogP contribution in [0.2, 0.25) is 0 Å². The van der Waals surface area contributed by atoms with E-state index < -0.39 is 0 Å². The zero-order valence-corrected chi connectivity index (χ0v) is 17.5. The molecule has 9 heteroatoms. The summed E-state index contributed by atoms with van der Waals surface area (Å²) in [5.74, 6) is -0.107. The van der Waals surface area contributed by atoms with Gasteiger partial charge in [0.1, 0.15) is 5.82 Å². The monoisotopic (exact) mass is 466 g/mol. The first kappa shape index (κ1) is 19.8. The Hall–Kier alpha value is -1.97. The lowest BCUT2D eigenvalue weighted by Crippen LogP contribution is -2.14. The SMILES string of the molecule is Cc1cc(NC(=O)CSc2nnc(NCc3ccc(F)cc3)s2)ccc1Br. The zero-order valence-electron chi connectivity index (χ0n) is 14.3. The number of anilines is 2. The quantitative estimate of drug-likeness (QED) is 0.474. The Morgan fingerprint density at radius 3 is 2.74 bits per heavy atom. The lowest BCUT2D eigenvalue weighted by atomic mass is 10.2. The van der Waals surface area contributed by atoms with E-state index in [0.29, 0.717) is 16.0 Å². The maximum Gasteiger partial charge on any atom is 0.234 e. The fourth-order valence-electron chi connectivity index (χ4n) is 2.17. The average molecular weight is 467 g/mol. The van der Waals surface area contributed by atoms with Crippen molar-refractivity contribution in [2.75, 3.05) is 16.4 Å². The van der Waals surface area contributed by atoms with Gasteiger partial charge >= 0.3 is 0 Å². The number of thioether (sulfide) groups is 1. The van der Waals surface area contributed by atoms with Crippen LogP contribution in [0.15, 0.2) is 51.3 Å². The number of hydrogen-bond acceptors (Lipinski definition) is 6. The summed E-state index contributed by atoms with van der Waals surface area (Å²) in [6.07, 6.45) is 0. The van der Waals surface area contributed by atoms with E-state index in [0.717, 1.165) is 21.3 Å². The second-order valence-electron chi connectivity index (χ2n) is 5.65. The number of nitrogens with one attached hydrogen (secondary N) is 2. The molecule has 0 saturated carbocycles. The van der Waals surface area contributed by atoms with Crippen molar-refractivity contribution in [2.45, 2.75) is 17.8 Å². The maximum atomic E-state index is 12.9. The summed E-state index contributed by atoms with van der Waals surface area (Å²) in [5.41, 5.74) is 2.77. The first-order valence-corrected chi connectivity index (χ1v) is 10.6. The standard InChI is InChI=1S/C18H16BrFN4OS2/c1-11-8-14(6-7-15(11)19)22-16(25)10-26-18-24-23-17(27-18)21-9-12-2-4-13(20)5-3-12/h2-8H,9-10H2,1H3,(H,21,23)(H,22,25). The number of carbonyl (C=O) groups is 1. The van der Waals surface area contributed by atoms with E-state index in [1.54, 1.807) is 12.1 Å². The molecule has 1 amide bonds. The van der Waals surface area contributed by atoms with Crippen molar-refractivity contribution in [1.29, 1.82) is 0 Å². The van der Waals surface area contributed by atoms with Crippen LogP contribution >= 0.6 is 39.0 Å². The number of benzene rings is 2. The van der Waals surface area contributed by atoms with Crippen LogP contribution in [0.25, 0.3) is 0 Å². The Kier molecular flexibility index (Phi) is 6.81. The van der Waals surface area contributed by atoms with E-state index in [2.05, 4.69) is 36.8 Å². The number of nitrogens with zero attached hydrogens (tertiary/aromatic N) is 2. The second kappa shape index (κ2) is 9.29. The molecule has 3 aromatic rings. The molecule has 5 nitrogen and oxygen atoms in total. The van der Waals surface area contributed by atoms with Crippen LogP contribution in [0.3, 0.4) is 0 Å². The third-order valence-electron chi connectivity index (χ3n) is 3.53. The molecule has 3 rings (SSSR count). The Bertz CT molecular complexity index is 933. The Morgan fingerprint density at radius 2 is 2.00 bits per heavy atom. The molecule has 0 fully saturated rings. The molecule has 2 aromatic carbocycles. The van der Waals surface area contributed by atoms with Gasteiger partial charge in [-0.15, -0.1) is 10.2 Å². The fraction of sp³-hybridized carbons (Fsp3) is 0.167. The highest BCUT2D eigenvalue weighted by molar-refractivity contribution is 9.10. The van der Waals surface area contributed by atoms with Crippen molar-refractivity contribution >= 4 is 55.8 Å². The lowest BCUT2D eigenvalue weighted by Gasteiger charge is -2.06. The molecule has 0 radical (unpaired) electrons. The van der Waals surface area contributed by atoms with E-state index in [-0.39, 0.29) is 17.5 Å². The minimum atomic E-state index is -0.259. The molecular formula is C18H16BrFN4OS2. The molecule has 0 unspecified atom stereocenters. The van der Waals surface area contributed by atoms with Crippen molar-refractivity contribution in [1.82, 2.24) is 10.2 Å². The summed E-state index contributed by atoms with van der Waals surface area (Å²) in [6, 6.07) is 11.9. The van der Waals surface area contributed by atoms with Gasteiger partial charge in [0.2, 0.25) is 11.0 Å². The van der Waals surface area contributed by atoms with Crippen LogP contribution in [0.1, 0.15) is 11.1 Å². The van der Waals surface area contributed by atoms with Crippen molar-refractivity contribution in [3.8, 4) is 0 Å². The lowest BCUT2D eigenvalue weighted by molar-refractivity contribution is -0.113. The van der Waals surface area contributed by atoms with E-state index in [9.17, 15) is 9.18 Å². The van der Waals surface area contributed by atoms with Gasteiger partial charge < -0.3 is 10.6 Å². The summed E-state index contributed by atoms with van der Waals surface area (Å²) < 4.78 is 14.6. The van der Waals surface area contributed by atoms with Gasteiger partial charge in [-0.3, -0.25) is 4.79 Å². The number of carbonyl (C=O) groups excluding carboxylic acids is 1. The fourth-order valence-corrected chi connectivity index (χ4v) is 3.96. The number of aryl methyl sites for hydroxylation is 1. The van der Waals surface area contributed by atoms with Crippen molar-refractivity contribution < 1.29 is 9.18 Å². The molecule has 140 valence electrons. The van der Waals surface area contributed by atoms with Crippen molar-refractivity contribution in [3.05, 3.63) is 63.9 Å². The average Bonchev–Trinajstić information content (AvgIpc) is 3.11. The number of halogens is 2. The van der Waals surface area contributed by atoms with E-state index >= 15 is 0 Å². The van der Waals surface area contributed by atoms with Gasteiger partial charge in [0.25, 0.3) is 0 Å².